The lowest BCUT2D eigenvalue weighted by Crippen LogP contribution is -2.41. The van der Waals surface area contributed by atoms with E-state index in [0.717, 1.165) is 32.3 Å². The van der Waals surface area contributed by atoms with E-state index in [1.165, 1.54) is 0 Å². The van der Waals surface area contributed by atoms with Gasteiger partial charge in [-0.2, -0.15) is 0 Å². The highest BCUT2D eigenvalue weighted by Gasteiger charge is 2.19. The van der Waals surface area contributed by atoms with Gasteiger partial charge in [0.1, 0.15) is 0 Å². The summed E-state index contributed by atoms with van der Waals surface area (Å²) < 4.78 is 10.9. The Morgan fingerprint density at radius 3 is 2.95 bits per heavy atom. The minimum absolute atomic E-state index is 0.199. The average Bonchev–Trinajstić information content (AvgIpc) is 2.81. The maximum absolute atomic E-state index is 9.96. The molecular weight excluding hydrogens is 246 g/mol. The Labute approximate surface area is 116 Å². The number of rotatable bonds is 10. The maximum atomic E-state index is 9.96. The Kier molecular flexibility index (Phi) is 7.87. The average molecular weight is 275 g/mol. The molecule has 5 nitrogen and oxygen atoms in total. The number of ether oxygens (including phenoxy) is 2. The van der Waals surface area contributed by atoms with Crippen LogP contribution in [0.2, 0.25) is 0 Å². The van der Waals surface area contributed by atoms with Crippen molar-refractivity contribution in [3.8, 4) is 0 Å². The van der Waals surface area contributed by atoms with E-state index in [9.17, 15) is 10.2 Å². The molecule has 3 unspecified atom stereocenters. The minimum Gasteiger partial charge on any atom is -0.389 e. The molecule has 1 saturated heterocycles. The van der Waals surface area contributed by atoms with Gasteiger partial charge in [0.05, 0.1) is 31.0 Å². The van der Waals surface area contributed by atoms with Crippen LogP contribution in [0.1, 0.15) is 39.5 Å². The molecular formula is C14H29NO4. The van der Waals surface area contributed by atoms with Crippen LogP contribution >= 0.6 is 0 Å². The summed E-state index contributed by atoms with van der Waals surface area (Å²) in [5.74, 6) is 0. The van der Waals surface area contributed by atoms with Crippen LogP contribution in [0.4, 0.5) is 0 Å². The molecule has 1 aliphatic rings. The molecule has 0 aliphatic carbocycles. The van der Waals surface area contributed by atoms with Crippen molar-refractivity contribution >= 4 is 0 Å². The summed E-state index contributed by atoms with van der Waals surface area (Å²) in [6, 6.07) is 0. The predicted octanol–water partition coefficient (Wildman–Crippen LogP) is 0.684. The fraction of sp³-hybridized carbons (Fsp3) is 1.00. The van der Waals surface area contributed by atoms with Crippen LogP contribution in [0, 0.1) is 0 Å². The molecule has 1 rings (SSSR count). The Hall–Kier alpha value is -0.200. The number of nitrogens with one attached hydrogen (secondary N) is 1. The van der Waals surface area contributed by atoms with E-state index in [2.05, 4.69) is 5.32 Å². The number of aliphatic hydroxyl groups is 2. The second-order valence-electron chi connectivity index (χ2n) is 5.70. The van der Waals surface area contributed by atoms with Gasteiger partial charge < -0.3 is 25.0 Å². The zero-order valence-corrected chi connectivity index (χ0v) is 12.2. The lowest BCUT2D eigenvalue weighted by molar-refractivity contribution is -0.0184. The summed E-state index contributed by atoms with van der Waals surface area (Å²) in [7, 11) is 0. The van der Waals surface area contributed by atoms with Gasteiger partial charge in [0.2, 0.25) is 0 Å². The monoisotopic (exact) mass is 275 g/mol. The first-order valence-electron chi connectivity index (χ1n) is 7.34. The van der Waals surface area contributed by atoms with Crippen molar-refractivity contribution in [2.45, 2.75) is 57.3 Å². The van der Waals surface area contributed by atoms with E-state index in [1.807, 2.05) is 13.8 Å². The van der Waals surface area contributed by atoms with Crippen molar-refractivity contribution in [1.82, 2.24) is 5.32 Å². The third kappa shape index (κ3) is 7.84. The summed E-state index contributed by atoms with van der Waals surface area (Å²) in [4.78, 5) is 0. The first-order chi connectivity index (χ1) is 9.03. The number of aliphatic hydroxyl groups excluding tert-OH is 1. The number of hydrogen-bond acceptors (Lipinski definition) is 5. The van der Waals surface area contributed by atoms with Crippen molar-refractivity contribution in [1.29, 1.82) is 0 Å². The van der Waals surface area contributed by atoms with E-state index in [1.54, 1.807) is 0 Å². The van der Waals surface area contributed by atoms with Gasteiger partial charge in [-0.1, -0.05) is 13.3 Å². The fourth-order valence-electron chi connectivity index (χ4n) is 2.31. The summed E-state index contributed by atoms with van der Waals surface area (Å²) in [5, 5.41) is 22.8. The molecule has 1 heterocycles. The first kappa shape index (κ1) is 16.9. The molecule has 19 heavy (non-hydrogen) atoms. The summed E-state index contributed by atoms with van der Waals surface area (Å²) in [6.45, 7) is 6.47. The van der Waals surface area contributed by atoms with Gasteiger partial charge in [0.25, 0.3) is 0 Å². The summed E-state index contributed by atoms with van der Waals surface area (Å²) in [5.41, 5.74) is -0.701. The van der Waals surface area contributed by atoms with Crippen LogP contribution in [-0.2, 0) is 9.47 Å². The quantitative estimate of drug-likeness (QED) is 0.547. The Morgan fingerprint density at radius 2 is 2.32 bits per heavy atom. The highest BCUT2D eigenvalue weighted by molar-refractivity contribution is 4.75. The van der Waals surface area contributed by atoms with Gasteiger partial charge in [-0.05, 0) is 26.2 Å². The van der Waals surface area contributed by atoms with Crippen molar-refractivity contribution in [3.63, 3.8) is 0 Å². The molecule has 0 aromatic heterocycles. The Bertz CT molecular complexity index is 229. The van der Waals surface area contributed by atoms with Crippen molar-refractivity contribution < 1.29 is 19.7 Å². The Balaban J connectivity index is 1.99. The minimum atomic E-state index is -0.701. The SMILES string of the molecule is CCCC(C)(O)CNCC(O)COCC1CCCO1. The third-order valence-corrected chi connectivity index (χ3v) is 3.31. The zero-order chi connectivity index (χ0) is 14.1. The molecule has 3 N–H and O–H groups in total. The molecule has 0 spiro atoms. The second-order valence-corrected chi connectivity index (χ2v) is 5.70. The molecule has 114 valence electrons. The highest BCUT2D eigenvalue weighted by Crippen LogP contribution is 2.12. The molecule has 1 fully saturated rings. The fourth-order valence-corrected chi connectivity index (χ4v) is 2.31. The van der Waals surface area contributed by atoms with Crippen LogP contribution in [0.15, 0.2) is 0 Å². The first-order valence-corrected chi connectivity index (χ1v) is 7.34. The summed E-state index contributed by atoms with van der Waals surface area (Å²) in [6.07, 6.45) is 3.51. The van der Waals surface area contributed by atoms with Crippen LogP contribution in [0.25, 0.3) is 0 Å². The van der Waals surface area contributed by atoms with E-state index < -0.39 is 11.7 Å². The molecule has 3 atom stereocenters. The molecule has 0 radical (unpaired) electrons. The van der Waals surface area contributed by atoms with Gasteiger partial charge in [-0.25, -0.2) is 0 Å². The largest absolute Gasteiger partial charge is 0.389 e. The van der Waals surface area contributed by atoms with Crippen LogP contribution in [0.3, 0.4) is 0 Å². The van der Waals surface area contributed by atoms with Gasteiger partial charge >= 0.3 is 0 Å². The van der Waals surface area contributed by atoms with E-state index in [-0.39, 0.29) is 6.10 Å². The summed E-state index contributed by atoms with van der Waals surface area (Å²) >= 11 is 0. The lowest BCUT2D eigenvalue weighted by atomic mass is 10.0. The predicted molar refractivity (Wildman–Crippen MR) is 74.2 cm³/mol. The normalized spacial score (nSPS) is 24.3. The maximum Gasteiger partial charge on any atom is 0.0897 e. The molecule has 0 bridgehead atoms. The van der Waals surface area contributed by atoms with E-state index >= 15 is 0 Å². The molecule has 5 heteroatoms. The van der Waals surface area contributed by atoms with E-state index in [0.29, 0.717) is 26.3 Å². The molecule has 0 aromatic carbocycles. The number of hydrogen-bond donors (Lipinski definition) is 3. The third-order valence-electron chi connectivity index (χ3n) is 3.31. The Morgan fingerprint density at radius 1 is 1.53 bits per heavy atom. The van der Waals surface area contributed by atoms with E-state index in [4.69, 9.17) is 9.47 Å². The molecule has 1 aliphatic heterocycles. The van der Waals surface area contributed by atoms with Crippen LogP contribution in [0.5, 0.6) is 0 Å². The van der Waals surface area contributed by atoms with Crippen molar-refractivity contribution in [2.75, 3.05) is 32.9 Å². The van der Waals surface area contributed by atoms with Crippen LogP contribution < -0.4 is 5.32 Å². The van der Waals surface area contributed by atoms with Gasteiger partial charge in [-0.15, -0.1) is 0 Å². The van der Waals surface area contributed by atoms with Gasteiger partial charge in [0, 0.05) is 19.7 Å². The second kappa shape index (κ2) is 8.87. The van der Waals surface area contributed by atoms with Crippen molar-refractivity contribution in [2.24, 2.45) is 0 Å². The zero-order valence-electron chi connectivity index (χ0n) is 12.2. The van der Waals surface area contributed by atoms with Crippen LogP contribution in [-0.4, -0.2) is 60.9 Å². The van der Waals surface area contributed by atoms with Crippen molar-refractivity contribution in [3.05, 3.63) is 0 Å². The molecule has 0 amide bonds. The smallest absolute Gasteiger partial charge is 0.0897 e. The van der Waals surface area contributed by atoms with Gasteiger partial charge in [0.15, 0.2) is 0 Å². The highest BCUT2D eigenvalue weighted by atomic mass is 16.5. The lowest BCUT2D eigenvalue weighted by Gasteiger charge is -2.24. The van der Waals surface area contributed by atoms with Gasteiger partial charge in [-0.3, -0.25) is 0 Å². The molecule has 0 saturated carbocycles. The topological polar surface area (TPSA) is 71.0 Å². The standard InChI is InChI=1S/C14H29NO4/c1-3-6-14(2,17)11-15-8-12(16)9-18-10-13-5-4-7-19-13/h12-13,15-17H,3-11H2,1-2H3. The molecule has 0 aromatic rings.